The first-order chi connectivity index (χ1) is 9.72. The number of piperazine rings is 1. The predicted molar refractivity (Wildman–Crippen MR) is 85.2 cm³/mol. The highest BCUT2D eigenvalue weighted by atomic mass is 79.9. The van der Waals surface area contributed by atoms with Crippen molar-refractivity contribution in [3.8, 4) is 5.75 Å². The molecule has 110 valence electrons. The normalized spacial score (nSPS) is 27.5. The fourth-order valence-electron chi connectivity index (χ4n) is 3.02. The van der Waals surface area contributed by atoms with Crippen LogP contribution in [0.1, 0.15) is 19.8 Å². The summed E-state index contributed by atoms with van der Waals surface area (Å²) in [4.78, 5) is 2.62. The fraction of sp³-hybridized carbons (Fsp3) is 0.625. The van der Waals surface area contributed by atoms with E-state index in [1.165, 1.54) is 12.8 Å². The maximum absolute atomic E-state index is 5.86. The summed E-state index contributed by atoms with van der Waals surface area (Å²) in [5.41, 5.74) is 0. The Hall–Kier alpha value is -0.580. The molecule has 0 amide bonds. The van der Waals surface area contributed by atoms with E-state index < -0.39 is 0 Å². The zero-order valence-electron chi connectivity index (χ0n) is 12.0. The van der Waals surface area contributed by atoms with E-state index in [1.807, 2.05) is 24.3 Å². The number of ether oxygens (including phenoxy) is 1. The van der Waals surface area contributed by atoms with Gasteiger partial charge in [-0.2, -0.15) is 0 Å². The molecule has 3 nitrogen and oxygen atoms in total. The standard InChI is InChI=1S/C16H23BrN2O/c1-12-11-19(16(10-18-12)13-2-3-13)8-9-20-15-6-4-14(17)5-7-15/h4-7,12-13,16,18H,2-3,8-11H2,1H3. The Morgan fingerprint density at radius 2 is 2.05 bits per heavy atom. The van der Waals surface area contributed by atoms with Crippen LogP contribution in [0.25, 0.3) is 0 Å². The van der Waals surface area contributed by atoms with Crippen molar-refractivity contribution in [2.75, 3.05) is 26.2 Å². The summed E-state index contributed by atoms with van der Waals surface area (Å²) in [6.45, 7) is 6.36. The van der Waals surface area contributed by atoms with Crippen LogP contribution < -0.4 is 10.1 Å². The molecule has 2 atom stereocenters. The van der Waals surface area contributed by atoms with Gasteiger partial charge in [-0.25, -0.2) is 0 Å². The molecule has 1 aromatic carbocycles. The summed E-state index contributed by atoms with van der Waals surface area (Å²) >= 11 is 3.44. The lowest BCUT2D eigenvalue weighted by molar-refractivity contribution is 0.100. The lowest BCUT2D eigenvalue weighted by Gasteiger charge is -2.39. The van der Waals surface area contributed by atoms with Gasteiger partial charge in [0.2, 0.25) is 0 Å². The predicted octanol–water partition coefficient (Wildman–Crippen LogP) is 2.90. The van der Waals surface area contributed by atoms with E-state index in [9.17, 15) is 0 Å². The molecule has 2 aliphatic rings. The maximum Gasteiger partial charge on any atom is 0.119 e. The van der Waals surface area contributed by atoms with Gasteiger partial charge >= 0.3 is 0 Å². The van der Waals surface area contributed by atoms with Crippen LogP contribution in [0.2, 0.25) is 0 Å². The molecular weight excluding hydrogens is 316 g/mol. The first kappa shape index (κ1) is 14.4. The van der Waals surface area contributed by atoms with E-state index in [0.29, 0.717) is 6.04 Å². The molecule has 1 N–H and O–H groups in total. The van der Waals surface area contributed by atoms with E-state index >= 15 is 0 Å². The second kappa shape index (κ2) is 6.46. The largest absolute Gasteiger partial charge is 0.492 e. The van der Waals surface area contributed by atoms with Crippen molar-refractivity contribution in [2.24, 2.45) is 5.92 Å². The van der Waals surface area contributed by atoms with E-state index in [-0.39, 0.29) is 0 Å². The molecular formula is C16H23BrN2O. The van der Waals surface area contributed by atoms with Crippen LogP contribution in [-0.4, -0.2) is 43.2 Å². The van der Waals surface area contributed by atoms with Crippen molar-refractivity contribution in [1.29, 1.82) is 0 Å². The Balaban J connectivity index is 1.49. The number of rotatable bonds is 5. The number of benzene rings is 1. The molecule has 0 spiro atoms. The SMILES string of the molecule is CC1CN(CCOc2ccc(Br)cc2)C(C2CC2)CN1. The van der Waals surface area contributed by atoms with Gasteiger partial charge in [0.1, 0.15) is 12.4 Å². The van der Waals surface area contributed by atoms with Crippen molar-refractivity contribution in [3.63, 3.8) is 0 Å². The topological polar surface area (TPSA) is 24.5 Å². The van der Waals surface area contributed by atoms with Crippen LogP contribution in [0.3, 0.4) is 0 Å². The maximum atomic E-state index is 5.86. The zero-order valence-corrected chi connectivity index (χ0v) is 13.6. The summed E-state index contributed by atoms with van der Waals surface area (Å²) in [7, 11) is 0. The second-order valence-electron chi connectivity index (χ2n) is 6.01. The fourth-order valence-corrected chi connectivity index (χ4v) is 3.28. The zero-order chi connectivity index (χ0) is 13.9. The molecule has 1 aromatic rings. The molecule has 1 saturated carbocycles. The van der Waals surface area contributed by atoms with Crippen LogP contribution in [0.4, 0.5) is 0 Å². The van der Waals surface area contributed by atoms with Crippen LogP contribution in [0.15, 0.2) is 28.7 Å². The minimum absolute atomic E-state index is 0.595. The van der Waals surface area contributed by atoms with Crippen LogP contribution in [0, 0.1) is 5.92 Å². The summed E-state index contributed by atoms with van der Waals surface area (Å²) in [6.07, 6.45) is 2.82. The van der Waals surface area contributed by atoms with Crippen molar-refractivity contribution < 1.29 is 4.74 Å². The molecule has 2 fully saturated rings. The molecule has 1 aliphatic heterocycles. The summed E-state index contributed by atoms with van der Waals surface area (Å²) in [6, 6.07) is 9.40. The lowest BCUT2D eigenvalue weighted by atomic mass is 10.1. The third kappa shape index (κ3) is 3.74. The third-order valence-electron chi connectivity index (χ3n) is 4.28. The van der Waals surface area contributed by atoms with Gasteiger partial charge in [-0.1, -0.05) is 15.9 Å². The van der Waals surface area contributed by atoms with Crippen molar-refractivity contribution in [3.05, 3.63) is 28.7 Å². The van der Waals surface area contributed by atoms with Gasteiger partial charge in [-0.15, -0.1) is 0 Å². The Bertz CT molecular complexity index is 433. The van der Waals surface area contributed by atoms with E-state index in [4.69, 9.17) is 4.74 Å². The first-order valence-corrected chi connectivity index (χ1v) is 8.37. The summed E-state index contributed by atoms with van der Waals surface area (Å²) in [5.74, 6) is 1.88. The molecule has 0 radical (unpaired) electrons. The van der Waals surface area contributed by atoms with Crippen molar-refractivity contribution in [2.45, 2.75) is 31.8 Å². The minimum atomic E-state index is 0.595. The number of hydrogen-bond acceptors (Lipinski definition) is 3. The Labute approximate surface area is 129 Å². The van der Waals surface area contributed by atoms with Gasteiger partial charge < -0.3 is 10.1 Å². The number of nitrogens with one attached hydrogen (secondary N) is 1. The quantitative estimate of drug-likeness (QED) is 0.893. The van der Waals surface area contributed by atoms with Crippen LogP contribution in [-0.2, 0) is 0 Å². The highest BCUT2D eigenvalue weighted by Crippen LogP contribution is 2.36. The Morgan fingerprint density at radius 1 is 1.30 bits per heavy atom. The molecule has 4 heteroatoms. The van der Waals surface area contributed by atoms with E-state index in [2.05, 4.69) is 33.1 Å². The van der Waals surface area contributed by atoms with Gasteiger partial charge in [0.25, 0.3) is 0 Å². The van der Waals surface area contributed by atoms with E-state index in [1.54, 1.807) is 0 Å². The highest BCUT2D eigenvalue weighted by Gasteiger charge is 2.37. The highest BCUT2D eigenvalue weighted by molar-refractivity contribution is 9.10. The minimum Gasteiger partial charge on any atom is -0.492 e. The summed E-state index contributed by atoms with van der Waals surface area (Å²) in [5, 5.41) is 3.61. The first-order valence-electron chi connectivity index (χ1n) is 7.58. The van der Waals surface area contributed by atoms with Crippen molar-refractivity contribution in [1.82, 2.24) is 10.2 Å². The molecule has 0 aromatic heterocycles. The van der Waals surface area contributed by atoms with E-state index in [0.717, 1.165) is 48.4 Å². The van der Waals surface area contributed by atoms with Crippen LogP contribution >= 0.6 is 15.9 Å². The average molecular weight is 339 g/mol. The van der Waals surface area contributed by atoms with Gasteiger partial charge in [0.15, 0.2) is 0 Å². The van der Waals surface area contributed by atoms with Crippen LogP contribution in [0.5, 0.6) is 5.75 Å². The Kier molecular flexibility index (Phi) is 4.64. The molecule has 1 aliphatic carbocycles. The van der Waals surface area contributed by atoms with Gasteiger partial charge in [-0.05, 0) is 49.9 Å². The number of halogens is 1. The lowest BCUT2D eigenvalue weighted by Crippen LogP contribution is -2.57. The third-order valence-corrected chi connectivity index (χ3v) is 4.81. The number of hydrogen-bond donors (Lipinski definition) is 1. The number of nitrogens with zero attached hydrogens (tertiary/aromatic N) is 1. The monoisotopic (exact) mass is 338 g/mol. The Morgan fingerprint density at radius 3 is 2.75 bits per heavy atom. The molecule has 0 bridgehead atoms. The van der Waals surface area contributed by atoms with Gasteiger partial charge in [-0.3, -0.25) is 4.90 Å². The average Bonchev–Trinajstić information content (AvgIpc) is 3.26. The molecule has 20 heavy (non-hydrogen) atoms. The summed E-state index contributed by atoms with van der Waals surface area (Å²) < 4.78 is 6.96. The second-order valence-corrected chi connectivity index (χ2v) is 6.93. The molecule has 2 unspecified atom stereocenters. The molecule has 1 saturated heterocycles. The smallest absolute Gasteiger partial charge is 0.119 e. The van der Waals surface area contributed by atoms with Gasteiger partial charge in [0, 0.05) is 36.2 Å². The molecule has 3 rings (SSSR count). The van der Waals surface area contributed by atoms with Crippen molar-refractivity contribution >= 4 is 15.9 Å². The molecule has 1 heterocycles. The van der Waals surface area contributed by atoms with Gasteiger partial charge in [0.05, 0.1) is 0 Å².